The number of carbonyl (C=O) groups excluding carboxylic acids is 2. The van der Waals surface area contributed by atoms with Gasteiger partial charge >= 0.3 is 0 Å². The van der Waals surface area contributed by atoms with Crippen molar-refractivity contribution in [1.82, 2.24) is 25.8 Å². The van der Waals surface area contributed by atoms with E-state index in [2.05, 4.69) is 11.0 Å². The normalized spacial score (nSPS) is 17.8. The monoisotopic (exact) mass is 467 g/mol. The number of fused-ring (bicyclic) bond motifs is 1. The molecule has 0 saturated heterocycles. The highest BCUT2D eigenvalue weighted by atomic mass is 19.1. The average molecular weight is 468 g/mol. The molecule has 2 aliphatic heterocycles. The minimum absolute atomic E-state index is 0.0317. The summed E-state index contributed by atoms with van der Waals surface area (Å²) < 4.78 is 21.6. The molecule has 2 N–H and O–H groups in total. The van der Waals surface area contributed by atoms with Gasteiger partial charge in [0.1, 0.15) is 11.4 Å². The Labute approximate surface area is 198 Å². The molecule has 0 unspecified atom stereocenters. The number of carbonyl (C=O) groups is 2. The highest BCUT2D eigenvalue weighted by molar-refractivity contribution is 5.98. The fourth-order valence-corrected chi connectivity index (χ4v) is 4.59. The number of nitrogens with one attached hydrogen (secondary N) is 2. The van der Waals surface area contributed by atoms with Crippen LogP contribution in [0.25, 0.3) is 16.5 Å². The predicted octanol–water partition coefficient (Wildman–Crippen LogP) is 3.17. The molecule has 2 amide bonds. The zero-order chi connectivity index (χ0) is 23.8. The summed E-state index contributed by atoms with van der Waals surface area (Å²) in [6.07, 6.45) is 9.26. The van der Waals surface area contributed by atoms with E-state index in [-0.39, 0.29) is 23.6 Å². The molecule has 0 spiro atoms. The van der Waals surface area contributed by atoms with E-state index in [1.165, 1.54) is 6.07 Å². The molecule has 3 aliphatic rings. The Hall–Kier alpha value is -3.33. The second-order valence-corrected chi connectivity index (χ2v) is 9.10. The van der Waals surface area contributed by atoms with Crippen LogP contribution in [0.2, 0.25) is 0 Å². The molecule has 8 nitrogen and oxygen atoms in total. The molecule has 1 aromatic carbocycles. The van der Waals surface area contributed by atoms with E-state index in [0.29, 0.717) is 55.4 Å². The lowest BCUT2D eigenvalue weighted by Crippen LogP contribution is -2.40. The Bertz CT molecular complexity index is 1180. The molecule has 0 atom stereocenters. The molecule has 9 heteroatoms. The first kappa shape index (κ1) is 22.5. The Morgan fingerprint density at radius 3 is 2.82 bits per heavy atom. The lowest BCUT2D eigenvalue weighted by atomic mass is 9.95. The maximum Gasteiger partial charge on any atom is 0.289 e. The van der Waals surface area contributed by atoms with Gasteiger partial charge in [-0.1, -0.05) is 13.0 Å². The van der Waals surface area contributed by atoms with E-state index in [0.717, 1.165) is 24.0 Å². The molecule has 1 aliphatic carbocycles. The Morgan fingerprint density at radius 1 is 1.29 bits per heavy atom. The molecule has 1 aromatic heterocycles. The zero-order valence-electron chi connectivity index (χ0n) is 19.6. The second kappa shape index (κ2) is 9.13. The number of rotatable bonds is 7. The van der Waals surface area contributed by atoms with E-state index >= 15 is 4.39 Å². The van der Waals surface area contributed by atoms with Crippen LogP contribution < -0.4 is 11.0 Å². The number of hydrogen-bond acceptors (Lipinski definition) is 6. The van der Waals surface area contributed by atoms with Gasteiger partial charge in [0, 0.05) is 63.2 Å². The van der Waals surface area contributed by atoms with Gasteiger partial charge in [-0.25, -0.2) is 4.39 Å². The summed E-state index contributed by atoms with van der Waals surface area (Å²) in [6.45, 7) is 3.50. The van der Waals surface area contributed by atoms with Crippen molar-refractivity contribution >= 4 is 28.4 Å². The maximum absolute atomic E-state index is 15.7. The molecule has 1 saturated carbocycles. The molecule has 5 rings (SSSR count). The topological polar surface area (TPSA) is 81.1 Å². The van der Waals surface area contributed by atoms with Gasteiger partial charge in [0.2, 0.25) is 5.91 Å². The number of amides is 2. The largest absolute Gasteiger partial charge is 0.451 e. The van der Waals surface area contributed by atoms with Gasteiger partial charge in [-0.2, -0.15) is 0 Å². The van der Waals surface area contributed by atoms with E-state index in [1.54, 1.807) is 28.1 Å². The van der Waals surface area contributed by atoms with Crippen molar-refractivity contribution in [2.24, 2.45) is 0 Å². The van der Waals surface area contributed by atoms with E-state index < -0.39 is 5.82 Å². The predicted molar refractivity (Wildman–Crippen MR) is 127 cm³/mol. The number of halogens is 1. The van der Waals surface area contributed by atoms with Gasteiger partial charge in [0.15, 0.2) is 5.76 Å². The molecule has 1 fully saturated rings. The van der Waals surface area contributed by atoms with Crippen LogP contribution in [0.4, 0.5) is 4.39 Å². The van der Waals surface area contributed by atoms with Crippen molar-refractivity contribution < 1.29 is 18.4 Å². The maximum atomic E-state index is 15.7. The highest BCUT2D eigenvalue weighted by Gasteiger charge is 2.32. The minimum Gasteiger partial charge on any atom is -0.451 e. The van der Waals surface area contributed by atoms with Crippen molar-refractivity contribution in [3.63, 3.8) is 0 Å². The van der Waals surface area contributed by atoms with Crippen LogP contribution in [0.3, 0.4) is 0 Å². The molecule has 0 radical (unpaired) electrons. The van der Waals surface area contributed by atoms with Crippen molar-refractivity contribution in [1.29, 1.82) is 0 Å². The third-order valence-corrected chi connectivity index (χ3v) is 6.78. The van der Waals surface area contributed by atoms with Crippen LogP contribution in [-0.2, 0) is 11.2 Å². The van der Waals surface area contributed by atoms with Gasteiger partial charge < -0.3 is 19.6 Å². The highest BCUT2D eigenvalue weighted by Crippen LogP contribution is 2.35. The molecular formula is C25H30FN5O3. The first-order chi connectivity index (χ1) is 16.5. The van der Waals surface area contributed by atoms with Crippen molar-refractivity contribution in [3.05, 3.63) is 53.3 Å². The summed E-state index contributed by atoms with van der Waals surface area (Å²) in [5.74, 6) is -0.414. The van der Waals surface area contributed by atoms with E-state index in [4.69, 9.17) is 4.42 Å². The van der Waals surface area contributed by atoms with Crippen LogP contribution in [0, 0.1) is 5.82 Å². The van der Waals surface area contributed by atoms with Crippen LogP contribution in [0.1, 0.15) is 54.3 Å². The van der Waals surface area contributed by atoms with Gasteiger partial charge in [0.25, 0.3) is 5.91 Å². The molecule has 2 aromatic rings. The number of furan rings is 1. The lowest BCUT2D eigenvalue weighted by molar-refractivity contribution is -0.131. The molecular weight excluding hydrogens is 437 g/mol. The zero-order valence-corrected chi connectivity index (χ0v) is 19.6. The number of hydrogen-bond donors (Lipinski definition) is 2. The van der Waals surface area contributed by atoms with Crippen molar-refractivity contribution in [2.75, 3.05) is 26.7 Å². The van der Waals surface area contributed by atoms with E-state index in [9.17, 15) is 9.59 Å². The Balaban J connectivity index is 1.38. The molecule has 0 bridgehead atoms. The van der Waals surface area contributed by atoms with Gasteiger partial charge in [-0.3, -0.25) is 14.6 Å². The summed E-state index contributed by atoms with van der Waals surface area (Å²) in [5, 5.41) is 2.13. The lowest BCUT2D eigenvalue weighted by Gasteiger charge is -2.29. The van der Waals surface area contributed by atoms with Crippen molar-refractivity contribution in [2.45, 2.75) is 45.1 Å². The molecule has 3 heterocycles. The summed E-state index contributed by atoms with van der Waals surface area (Å²) in [6, 6.07) is 3.59. The summed E-state index contributed by atoms with van der Waals surface area (Å²) in [4.78, 5) is 29.1. The SMILES string of the molecule is CCc1cc(C2=CCCN(C(=O)CCN3C=CNN3)C2)c(F)c2cc(C(=O)N(C)C3CC3)oc12. The third kappa shape index (κ3) is 4.27. The van der Waals surface area contributed by atoms with Crippen LogP contribution in [0.5, 0.6) is 0 Å². The summed E-state index contributed by atoms with van der Waals surface area (Å²) >= 11 is 0. The average Bonchev–Trinajstić information content (AvgIpc) is 3.38. The van der Waals surface area contributed by atoms with Gasteiger partial charge in [-0.15, -0.1) is 5.53 Å². The number of nitrogens with zero attached hydrogens (tertiary/aromatic N) is 3. The first-order valence-electron chi connectivity index (χ1n) is 11.9. The number of benzene rings is 1. The van der Waals surface area contributed by atoms with Crippen LogP contribution in [0.15, 0.2) is 35.0 Å². The summed E-state index contributed by atoms with van der Waals surface area (Å²) in [5.41, 5.74) is 8.31. The minimum atomic E-state index is -0.401. The van der Waals surface area contributed by atoms with Crippen LogP contribution >= 0.6 is 0 Å². The number of hydrazine groups is 2. The third-order valence-electron chi connectivity index (χ3n) is 6.78. The quantitative estimate of drug-likeness (QED) is 0.651. The van der Waals surface area contributed by atoms with E-state index in [1.807, 2.05) is 25.3 Å². The van der Waals surface area contributed by atoms with Crippen molar-refractivity contribution in [3.8, 4) is 0 Å². The fourth-order valence-electron chi connectivity index (χ4n) is 4.59. The Morgan fingerprint density at radius 2 is 2.12 bits per heavy atom. The van der Waals surface area contributed by atoms with Gasteiger partial charge in [0.05, 0.1) is 5.39 Å². The second-order valence-electron chi connectivity index (χ2n) is 9.10. The fraction of sp³-hybridized carbons (Fsp3) is 0.440. The first-order valence-corrected chi connectivity index (χ1v) is 11.9. The van der Waals surface area contributed by atoms with Gasteiger partial charge in [-0.05, 0) is 42.9 Å². The van der Waals surface area contributed by atoms with Crippen LogP contribution in [-0.4, -0.2) is 59.3 Å². The summed E-state index contributed by atoms with van der Waals surface area (Å²) in [7, 11) is 1.76. The molecule has 34 heavy (non-hydrogen) atoms. The molecule has 180 valence electrons. The standard InChI is InChI=1S/C25H30FN5O3/c1-3-16-13-19(17-5-4-10-30(15-17)22(32)8-11-31-12-9-27-28-31)23(26)20-14-21(34-24(16)20)25(33)29(2)18-6-7-18/h5,9,12-14,18,27-28H,3-4,6-8,10-11,15H2,1-2H3. The smallest absolute Gasteiger partial charge is 0.289 e. The Kier molecular flexibility index (Phi) is 6.03. The number of aryl methyl sites for hydroxylation is 1.